The fourth-order valence-corrected chi connectivity index (χ4v) is 2.00. The molecule has 6 heteroatoms. The standard InChI is InChI=1S/C13H17N3O3/c1-8-2-5-10(6-12(8)16(18)19)15-13(17)7-11(14)9-3-4-9/h2,5-6,9,11H,3-4,7,14H2,1H3,(H,15,17). The van der Waals surface area contributed by atoms with Crippen molar-refractivity contribution in [1.29, 1.82) is 0 Å². The van der Waals surface area contributed by atoms with E-state index in [1.807, 2.05) is 0 Å². The molecule has 6 nitrogen and oxygen atoms in total. The van der Waals surface area contributed by atoms with Gasteiger partial charge in [0, 0.05) is 29.8 Å². The highest BCUT2D eigenvalue weighted by Crippen LogP contribution is 2.33. The Morgan fingerprint density at radius 2 is 2.26 bits per heavy atom. The molecule has 1 aromatic carbocycles. The van der Waals surface area contributed by atoms with Gasteiger partial charge in [0.25, 0.3) is 5.69 Å². The van der Waals surface area contributed by atoms with Gasteiger partial charge in [0.1, 0.15) is 0 Å². The molecule has 19 heavy (non-hydrogen) atoms. The number of carbonyl (C=O) groups is 1. The molecule has 3 N–H and O–H groups in total. The average Bonchev–Trinajstić information content (AvgIpc) is 3.15. The molecule has 0 bridgehead atoms. The number of benzene rings is 1. The molecule has 1 atom stereocenters. The van der Waals surface area contributed by atoms with Crippen LogP contribution in [0.1, 0.15) is 24.8 Å². The van der Waals surface area contributed by atoms with Gasteiger partial charge < -0.3 is 11.1 Å². The summed E-state index contributed by atoms with van der Waals surface area (Å²) in [6.45, 7) is 1.66. The second kappa shape index (κ2) is 5.36. The van der Waals surface area contributed by atoms with Crippen molar-refractivity contribution in [2.75, 3.05) is 5.32 Å². The molecule has 102 valence electrons. The number of anilines is 1. The molecular weight excluding hydrogens is 246 g/mol. The van der Waals surface area contributed by atoms with Crippen molar-refractivity contribution >= 4 is 17.3 Å². The Labute approximate surface area is 111 Å². The lowest BCUT2D eigenvalue weighted by molar-refractivity contribution is -0.385. The summed E-state index contributed by atoms with van der Waals surface area (Å²) >= 11 is 0. The summed E-state index contributed by atoms with van der Waals surface area (Å²) in [7, 11) is 0. The minimum atomic E-state index is -0.457. The highest BCUT2D eigenvalue weighted by atomic mass is 16.6. The number of amides is 1. The van der Waals surface area contributed by atoms with E-state index in [0.717, 1.165) is 12.8 Å². The Kier molecular flexibility index (Phi) is 3.80. The zero-order chi connectivity index (χ0) is 14.0. The molecule has 0 radical (unpaired) electrons. The van der Waals surface area contributed by atoms with Crippen LogP contribution in [0.3, 0.4) is 0 Å². The van der Waals surface area contributed by atoms with E-state index < -0.39 is 4.92 Å². The molecule has 1 unspecified atom stereocenters. The van der Waals surface area contributed by atoms with Gasteiger partial charge in [-0.15, -0.1) is 0 Å². The fraction of sp³-hybridized carbons (Fsp3) is 0.462. The quantitative estimate of drug-likeness (QED) is 0.626. The number of carbonyl (C=O) groups excluding carboxylic acids is 1. The molecule has 1 fully saturated rings. The van der Waals surface area contributed by atoms with Crippen LogP contribution in [0.2, 0.25) is 0 Å². The van der Waals surface area contributed by atoms with Crippen LogP contribution in [0.5, 0.6) is 0 Å². The number of nitrogens with zero attached hydrogens (tertiary/aromatic N) is 1. The number of nitrogens with two attached hydrogens (primary N) is 1. The maximum absolute atomic E-state index is 11.8. The summed E-state index contributed by atoms with van der Waals surface area (Å²) in [5.74, 6) is 0.260. The third-order valence-electron chi connectivity index (χ3n) is 3.34. The monoisotopic (exact) mass is 263 g/mol. The van der Waals surface area contributed by atoms with Gasteiger partial charge in [-0.3, -0.25) is 14.9 Å². The van der Waals surface area contributed by atoms with Crippen molar-refractivity contribution in [2.24, 2.45) is 11.7 Å². The van der Waals surface area contributed by atoms with Crippen molar-refractivity contribution in [3.05, 3.63) is 33.9 Å². The smallest absolute Gasteiger partial charge is 0.274 e. The SMILES string of the molecule is Cc1ccc(NC(=O)CC(N)C2CC2)cc1[N+](=O)[O-]. The highest BCUT2D eigenvalue weighted by molar-refractivity contribution is 5.91. The van der Waals surface area contributed by atoms with Crippen molar-refractivity contribution in [3.63, 3.8) is 0 Å². The number of aryl methyl sites for hydroxylation is 1. The molecule has 0 saturated heterocycles. The minimum Gasteiger partial charge on any atom is -0.327 e. The molecular formula is C13H17N3O3. The van der Waals surface area contributed by atoms with Crippen molar-refractivity contribution < 1.29 is 9.72 Å². The molecule has 1 saturated carbocycles. The first kappa shape index (κ1) is 13.5. The van der Waals surface area contributed by atoms with Gasteiger partial charge in [-0.25, -0.2) is 0 Å². The molecule has 1 aliphatic rings. The third-order valence-corrected chi connectivity index (χ3v) is 3.34. The molecule has 0 heterocycles. The summed E-state index contributed by atoms with van der Waals surface area (Å²) in [5.41, 5.74) is 6.87. The number of nitro groups is 1. The van der Waals surface area contributed by atoms with Gasteiger partial charge in [-0.05, 0) is 31.7 Å². The summed E-state index contributed by atoms with van der Waals surface area (Å²) < 4.78 is 0. The van der Waals surface area contributed by atoms with Crippen LogP contribution in [-0.2, 0) is 4.79 Å². The Morgan fingerprint density at radius 1 is 1.58 bits per heavy atom. The Balaban J connectivity index is 2.00. The Bertz CT molecular complexity index is 512. The number of hydrogen-bond acceptors (Lipinski definition) is 4. The molecule has 0 aliphatic heterocycles. The van der Waals surface area contributed by atoms with Crippen LogP contribution in [0.15, 0.2) is 18.2 Å². The minimum absolute atomic E-state index is 0.00397. The highest BCUT2D eigenvalue weighted by Gasteiger charge is 2.29. The van der Waals surface area contributed by atoms with Gasteiger partial charge in [0.2, 0.25) is 5.91 Å². The van der Waals surface area contributed by atoms with Gasteiger partial charge in [-0.2, -0.15) is 0 Å². The first-order valence-corrected chi connectivity index (χ1v) is 6.28. The first-order chi connectivity index (χ1) is 8.97. The van der Waals surface area contributed by atoms with Gasteiger partial charge >= 0.3 is 0 Å². The molecule has 2 rings (SSSR count). The lowest BCUT2D eigenvalue weighted by Gasteiger charge is -2.10. The number of rotatable bonds is 5. The lowest BCUT2D eigenvalue weighted by Crippen LogP contribution is -2.28. The summed E-state index contributed by atoms with van der Waals surface area (Å²) in [4.78, 5) is 22.1. The second-order valence-electron chi connectivity index (χ2n) is 5.01. The van der Waals surface area contributed by atoms with Crippen molar-refractivity contribution in [2.45, 2.75) is 32.2 Å². The van der Waals surface area contributed by atoms with Crippen LogP contribution >= 0.6 is 0 Å². The summed E-state index contributed by atoms with van der Waals surface area (Å²) in [6, 6.07) is 4.54. The molecule has 0 aromatic heterocycles. The van der Waals surface area contributed by atoms with Gasteiger partial charge in [-0.1, -0.05) is 6.07 Å². The predicted octanol–water partition coefficient (Wildman–Crippen LogP) is 1.97. The average molecular weight is 263 g/mol. The number of hydrogen-bond donors (Lipinski definition) is 2. The van der Waals surface area contributed by atoms with E-state index in [1.54, 1.807) is 19.1 Å². The van der Waals surface area contributed by atoms with Gasteiger partial charge in [0.05, 0.1) is 4.92 Å². The molecule has 1 aliphatic carbocycles. The van der Waals surface area contributed by atoms with E-state index in [2.05, 4.69) is 5.32 Å². The van der Waals surface area contributed by atoms with Gasteiger partial charge in [0.15, 0.2) is 0 Å². The zero-order valence-corrected chi connectivity index (χ0v) is 10.8. The summed E-state index contributed by atoms with van der Waals surface area (Å²) in [6.07, 6.45) is 2.43. The van der Waals surface area contributed by atoms with Crippen molar-refractivity contribution in [3.8, 4) is 0 Å². The van der Waals surface area contributed by atoms with E-state index in [1.165, 1.54) is 6.07 Å². The third kappa shape index (κ3) is 3.51. The summed E-state index contributed by atoms with van der Waals surface area (Å²) in [5, 5.41) is 13.5. The topological polar surface area (TPSA) is 98.3 Å². The van der Waals surface area contributed by atoms with E-state index in [4.69, 9.17) is 5.73 Å². The van der Waals surface area contributed by atoms with Crippen LogP contribution in [0, 0.1) is 23.0 Å². The molecule has 0 spiro atoms. The molecule has 1 amide bonds. The predicted molar refractivity (Wildman–Crippen MR) is 71.8 cm³/mol. The number of nitro benzene ring substituents is 1. The maximum atomic E-state index is 11.8. The normalized spacial score (nSPS) is 15.9. The van der Waals surface area contributed by atoms with E-state index >= 15 is 0 Å². The van der Waals surface area contributed by atoms with Crippen LogP contribution in [-0.4, -0.2) is 16.9 Å². The van der Waals surface area contributed by atoms with E-state index in [9.17, 15) is 14.9 Å². The first-order valence-electron chi connectivity index (χ1n) is 6.28. The van der Waals surface area contributed by atoms with E-state index in [0.29, 0.717) is 17.2 Å². The van der Waals surface area contributed by atoms with Crippen molar-refractivity contribution in [1.82, 2.24) is 0 Å². The maximum Gasteiger partial charge on any atom is 0.274 e. The van der Waals surface area contributed by atoms with E-state index in [-0.39, 0.29) is 24.1 Å². The Hall–Kier alpha value is -1.95. The van der Waals surface area contributed by atoms with Crippen LogP contribution in [0.25, 0.3) is 0 Å². The fourth-order valence-electron chi connectivity index (χ4n) is 2.00. The van der Waals surface area contributed by atoms with Crippen LogP contribution in [0.4, 0.5) is 11.4 Å². The molecule has 1 aromatic rings. The van der Waals surface area contributed by atoms with Crippen LogP contribution < -0.4 is 11.1 Å². The second-order valence-corrected chi connectivity index (χ2v) is 5.01. The Morgan fingerprint density at radius 3 is 2.84 bits per heavy atom. The zero-order valence-electron chi connectivity index (χ0n) is 10.8. The largest absolute Gasteiger partial charge is 0.327 e. The lowest BCUT2D eigenvalue weighted by atomic mass is 10.1. The number of nitrogens with one attached hydrogen (secondary N) is 1.